The topological polar surface area (TPSA) is 112 Å². The Hall–Kier alpha value is -3.99. The van der Waals surface area contributed by atoms with E-state index in [1.807, 2.05) is 6.92 Å². The molecule has 2 atom stereocenters. The molecule has 9 nitrogen and oxygen atoms in total. The molecule has 3 aromatic heterocycles. The van der Waals surface area contributed by atoms with Gasteiger partial charge in [0, 0.05) is 40.8 Å². The first-order valence-corrected chi connectivity index (χ1v) is 14.1. The Morgan fingerprint density at radius 3 is 2.60 bits per heavy atom. The third-order valence-electron chi connectivity index (χ3n) is 7.06. The Morgan fingerprint density at radius 1 is 1.10 bits per heavy atom. The highest BCUT2D eigenvalue weighted by molar-refractivity contribution is 6.31. The maximum Gasteiger partial charge on any atom is 0.419 e. The zero-order valence-electron chi connectivity index (χ0n) is 23.7. The molecule has 4 aromatic rings. The van der Waals surface area contributed by atoms with Gasteiger partial charge in [-0.25, -0.2) is 33.1 Å². The van der Waals surface area contributed by atoms with Gasteiger partial charge in [-0.1, -0.05) is 18.0 Å². The number of aromatic nitrogens is 5. The van der Waals surface area contributed by atoms with Crippen molar-refractivity contribution in [3.8, 4) is 11.4 Å². The van der Waals surface area contributed by atoms with Crippen LogP contribution in [0, 0.1) is 24.5 Å². The normalized spacial score (nSPS) is 17.3. The smallest absolute Gasteiger partial charge is 0.419 e. The maximum atomic E-state index is 15.1. The predicted octanol–water partition coefficient (Wildman–Crippen LogP) is 7.16. The molecule has 1 saturated carbocycles. The molecule has 0 amide bonds. The van der Waals surface area contributed by atoms with Crippen molar-refractivity contribution < 1.29 is 23.1 Å². The number of aryl methyl sites for hydroxylation is 1. The van der Waals surface area contributed by atoms with E-state index in [0.29, 0.717) is 18.5 Å². The number of ether oxygens (including phenoxy) is 1. The van der Waals surface area contributed by atoms with Crippen LogP contribution in [0.3, 0.4) is 0 Å². The number of fused-ring (bicyclic) bond motifs is 1. The largest absolute Gasteiger partial charge is 0.443 e. The van der Waals surface area contributed by atoms with E-state index in [2.05, 4.69) is 25.3 Å². The van der Waals surface area contributed by atoms with Crippen LogP contribution in [0.1, 0.15) is 69.1 Å². The van der Waals surface area contributed by atoms with E-state index in [0.717, 1.165) is 41.8 Å². The minimum Gasteiger partial charge on any atom is -0.443 e. The quantitative estimate of drug-likeness (QED) is 0.233. The number of hydrogen-bond acceptors (Lipinski definition) is 8. The van der Waals surface area contributed by atoms with Crippen LogP contribution in [-0.4, -0.2) is 48.0 Å². The molecule has 1 fully saturated rings. The summed E-state index contributed by atoms with van der Waals surface area (Å²) in [5, 5.41) is 3.57. The third kappa shape index (κ3) is 6.56. The summed E-state index contributed by atoms with van der Waals surface area (Å²) in [6, 6.07) is 2.47. The molecule has 0 radical (unpaired) electrons. The third-order valence-corrected chi connectivity index (χ3v) is 7.28. The van der Waals surface area contributed by atoms with Crippen molar-refractivity contribution in [1.82, 2.24) is 24.5 Å². The number of hydrogen-bond donors (Lipinski definition) is 1. The molecule has 1 N–H and O–H groups in total. The van der Waals surface area contributed by atoms with E-state index in [1.54, 1.807) is 27.0 Å². The molecule has 0 unspecified atom stereocenters. The number of benzene rings is 1. The van der Waals surface area contributed by atoms with Gasteiger partial charge in [-0.3, -0.25) is 9.78 Å². The predicted molar refractivity (Wildman–Crippen MR) is 155 cm³/mol. The Balaban J connectivity index is 1.40. The van der Waals surface area contributed by atoms with Gasteiger partial charge in [0.2, 0.25) is 0 Å². The number of nitrogens with one attached hydrogen (secondary N) is 1. The summed E-state index contributed by atoms with van der Waals surface area (Å²) >= 11 is 6.15. The highest BCUT2D eigenvalue weighted by atomic mass is 35.5. The fourth-order valence-electron chi connectivity index (χ4n) is 5.21. The van der Waals surface area contributed by atoms with Crippen molar-refractivity contribution in [3.05, 3.63) is 65.0 Å². The molecule has 1 aromatic carbocycles. The van der Waals surface area contributed by atoms with Gasteiger partial charge in [0.15, 0.2) is 23.2 Å². The highest BCUT2D eigenvalue weighted by Crippen LogP contribution is 2.35. The van der Waals surface area contributed by atoms with Crippen LogP contribution in [-0.2, 0) is 4.74 Å². The summed E-state index contributed by atoms with van der Waals surface area (Å²) in [6.07, 6.45) is 8.13. The zero-order valence-corrected chi connectivity index (χ0v) is 24.5. The van der Waals surface area contributed by atoms with Gasteiger partial charge in [0.1, 0.15) is 17.1 Å². The summed E-state index contributed by atoms with van der Waals surface area (Å²) in [7, 11) is 0. The minimum atomic E-state index is -0.823. The first kappa shape index (κ1) is 29.5. The summed E-state index contributed by atoms with van der Waals surface area (Å²) < 4.78 is 36.5. The van der Waals surface area contributed by atoms with Crippen molar-refractivity contribution in [2.45, 2.75) is 71.4 Å². The van der Waals surface area contributed by atoms with Gasteiger partial charge in [0.25, 0.3) is 0 Å². The lowest BCUT2D eigenvalue weighted by Crippen LogP contribution is -2.29. The summed E-state index contributed by atoms with van der Waals surface area (Å²) in [5.74, 6) is -1.32. The zero-order chi connectivity index (χ0) is 30.2. The van der Waals surface area contributed by atoms with Crippen LogP contribution >= 0.6 is 11.6 Å². The van der Waals surface area contributed by atoms with Crippen LogP contribution < -0.4 is 5.32 Å². The van der Waals surface area contributed by atoms with Crippen molar-refractivity contribution in [3.63, 3.8) is 0 Å². The number of carbonyl (C=O) groups excluding carboxylic acids is 2. The molecule has 0 bridgehead atoms. The van der Waals surface area contributed by atoms with Gasteiger partial charge >= 0.3 is 6.09 Å². The summed E-state index contributed by atoms with van der Waals surface area (Å²) in [4.78, 5) is 42.6. The van der Waals surface area contributed by atoms with Crippen molar-refractivity contribution in [2.24, 2.45) is 5.92 Å². The van der Waals surface area contributed by atoms with Crippen LogP contribution in [0.15, 0.2) is 36.9 Å². The fourth-order valence-corrected chi connectivity index (χ4v) is 5.42. The number of rotatable bonds is 6. The van der Waals surface area contributed by atoms with Crippen molar-refractivity contribution in [2.75, 3.05) is 5.32 Å². The molecule has 0 spiro atoms. The van der Waals surface area contributed by atoms with Gasteiger partial charge in [-0.05, 0) is 65.0 Å². The van der Waals surface area contributed by atoms with Crippen LogP contribution in [0.25, 0.3) is 22.3 Å². The average Bonchev–Trinajstić information content (AvgIpc) is 3.29. The molecule has 5 rings (SSSR count). The Kier molecular flexibility index (Phi) is 8.23. The van der Waals surface area contributed by atoms with E-state index in [4.69, 9.17) is 16.3 Å². The number of nitrogens with zero attached hydrogens (tertiary/aromatic N) is 5. The van der Waals surface area contributed by atoms with Crippen LogP contribution in [0.2, 0.25) is 5.02 Å². The first-order chi connectivity index (χ1) is 19.9. The number of anilines is 1. The van der Waals surface area contributed by atoms with E-state index >= 15 is 4.39 Å². The lowest BCUT2D eigenvalue weighted by molar-refractivity contribution is 0.0543. The average molecular weight is 597 g/mol. The molecule has 42 heavy (non-hydrogen) atoms. The molecular formula is C30H31ClF2N6O3. The highest BCUT2D eigenvalue weighted by Gasteiger charge is 2.28. The molecule has 12 heteroatoms. The molecule has 0 aliphatic heterocycles. The van der Waals surface area contributed by atoms with Crippen LogP contribution in [0.5, 0.6) is 0 Å². The lowest BCUT2D eigenvalue weighted by Gasteiger charge is -2.29. The Morgan fingerprint density at radius 2 is 1.88 bits per heavy atom. The second-order valence-electron chi connectivity index (χ2n) is 11.6. The van der Waals surface area contributed by atoms with E-state index in [1.165, 1.54) is 18.5 Å². The molecular weight excluding hydrogens is 566 g/mol. The molecule has 1 aliphatic carbocycles. The Labute approximate surface area is 246 Å². The number of Topliss-reactive ketones (excluding diaryl/α,β-unsaturated/α-hetero) is 1. The SMILES string of the molecule is Cc1cnc(C(=O)C[C@@H]2CCC[C@H](Nc3nc(-c4cn(C(=O)OC(C)(C)C)c5c(F)cc(Cl)cc45)ncc3F)C2)cn1. The van der Waals surface area contributed by atoms with Gasteiger partial charge in [-0.2, -0.15) is 0 Å². The Bertz CT molecular complexity index is 1650. The second kappa shape index (κ2) is 11.7. The van der Waals surface area contributed by atoms with E-state index < -0.39 is 23.3 Å². The minimum absolute atomic E-state index is 0.0259. The van der Waals surface area contributed by atoms with Gasteiger partial charge in [-0.15, -0.1) is 0 Å². The second-order valence-corrected chi connectivity index (χ2v) is 12.0. The standard InChI is InChI=1S/C30H31ClF2N6O3/c1-16-12-35-24(14-34-16)25(40)9-17-6-5-7-19(8-17)37-28-23(33)13-36-27(38-28)21-15-39(29(41)42-30(2,3)4)26-20(21)10-18(31)11-22(26)32/h10-15,17,19H,5-9H2,1-4H3,(H,36,37,38)/t17-,19+/m1/s1. The van der Waals surface area contributed by atoms with E-state index in [-0.39, 0.29) is 50.9 Å². The maximum absolute atomic E-state index is 15.1. The first-order valence-electron chi connectivity index (χ1n) is 13.7. The molecule has 0 saturated heterocycles. The van der Waals surface area contributed by atoms with Gasteiger partial charge < -0.3 is 10.1 Å². The number of ketones is 1. The molecule has 220 valence electrons. The summed E-state index contributed by atoms with van der Waals surface area (Å²) in [6.45, 7) is 6.92. The fraction of sp³-hybridized carbons (Fsp3) is 0.400. The number of halogens is 3. The van der Waals surface area contributed by atoms with E-state index in [9.17, 15) is 14.0 Å². The lowest BCUT2D eigenvalue weighted by atomic mass is 9.82. The van der Waals surface area contributed by atoms with Crippen molar-refractivity contribution in [1.29, 1.82) is 0 Å². The number of carbonyl (C=O) groups is 2. The van der Waals surface area contributed by atoms with Crippen molar-refractivity contribution >= 4 is 40.2 Å². The summed E-state index contributed by atoms with van der Waals surface area (Å²) in [5.41, 5.74) is 0.485. The molecule has 3 heterocycles. The molecule has 1 aliphatic rings. The monoisotopic (exact) mass is 596 g/mol. The van der Waals surface area contributed by atoms with Crippen LogP contribution in [0.4, 0.5) is 19.4 Å². The van der Waals surface area contributed by atoms with Gasteiger partial charge in [0.05, 0.1) is 23.6 Å².